The number of rotatable bonds is 4. The molecule has 1 aromatic heterocycles. The van der Waals surface area contributed by atoms with E-state index in [1.807, 2.05) is 6.07 Å². The lowest BCUT2D eigenvalue weighted by Crippen LogP contribution is -2.01. The van der Waals surface area contributed by atoms with E-state index in [1.165, 1.54) is 23.5 Å². The minimum atomic E-state index is -2.82. The van der Waals surface area contributed by atoms with Crippen molar-refractivity contribution < 1.29 is 13.5 Å². The fraction of sp³-hybridized carbons (Fsp3) is 0.167. The molecule has 2 rings (SSSR count). The predicted molar refractivity (Wildman–Crippen MR) is 80.5 cm³/mol. The van der Waals surface area contributed by atoms with E-state index in [0.717, 1.165) is 18.7 Å². The molecule has 2 aromatic rings. The molecule has 19 heavy (non-hydrogen) atoms. The number of thiophene rings is 1. The highest BCUT2D eigenvalue weighted by molar-refractivity contribution is 9.13. The molecule has 0 saturated carbocycles. The standard InChI is InChI=1S/C12H7Br2ClF2OS/c13-8-5-9(19-11(8)14)10(15)6-1-3-7(4-2-6)18-12(16)17/h1-5,10,12H. The number of ether oxygens (including phenoxy) is 1. The molecule has 1 heterocycles. The van der Waals surface area contributed by atoms with Crippen molar-refractivity contribution in [1.82, 2.24) is 0 Å². The van der Waals surface area contributed by atoms with Crippen LogP contribution < -0.4 is 4.74 Å². The Hall–Kier alpha value is -0.170. The summed E-state index contributed by atoms with van der Waals surface area (Å²) < 4.78 is 30.3. The Morgan fingerprint density at radius 3 is 2.26 bits per heavy atom. The molecule has 0 fully saturated rings. The second-order valence-electron chi connectivity index (χ2n) is 3.58. The van der Waals surface area contributed by atoms with E-state index in [2.05, 4.69) is 36.6 Å². The summed E-state index contributed by atoms with van der Waals surface area (Å²) >= 11 is 14.7. The summed E-state index contributed by atoms with van der Waals surface area (Å²) in [7, 11) is 0. The van der Waals surface area contributed by atoms with Crippen LogP contribution in [0.4, 0.5) is 8.78 Å². The Bertz CT molecular complexity index is 540. The van der Waals surface area contributed by atoms with Crippen LogP contribution in [0.1, 0.15) is 15.8 Å². The maximum absolute atomic E-state index is 12.0. The Morgan fingerprint density at radius 2 is 1.79 bits per heavy atom. The van der Waals surface area contributed by atoms with Gasteiger partial charge in [-0.2, -0.15) is 8.78 Å². The van der Waals surface area contributed by atoms with Gasteiger partial charge in [0.25, 0.3) is 0 Å². The van der Waals surface area contributed by atoms with Crippen LogP contribution in [-0.4, -0.2) is 6.61 Å². The van der Waals surface area contributed by atoms with Crippen LogP contribution in [0.5, 0.6) is 5.75 Å². The van der Waals surface area contributed by atoms with Crippen LogP contribution in [0, 0.1) is 0 Å². The Balaban J connectivity index is 2.17. The van der Waals surface area contributed by atoms with Gasteiger partial charge in [-0.15, -0.1) is 22.9 Å². The van der Waals surface area contributed by atoms with Crippen molar-refractivity contribution in [3.63, 3.8) is 0 Å². The van der Waals surface area contributed by atoms with Gasteiger partial charge in [0.15, 0.2) is 0 Å². The molecule has 0 aliphatic rings. The average molecular weight is 433 g/mol. The number of hydrogen-bond acceptors (Lipinski definition) is 2. The van der Waals surface area contributed by atoms with Gasteiger partial charge in [-0.1, -0.05) is 12.1 Å². The first-order chi connectivity index (χ1) is 8.97. The van der Waals surface area contributed by atoms with Crippen molar-refractivity contribution in [3.05, 3.63) is 49.0 Å². The highest BCUT2D eigenvalue weighted by Crippen LogP contribution is 2.40. The summed E-state index contributed by atoms with van der Waals surface area (Å²) in [6, 6.07) is 8.24. The molecular formula is C12H7Br2ClF2OS. The van der Waals surface area contributed by atoms with E-state index < -0.39 is 6.61 Å². The predicted octanol–water partition coefficient (Wildman–Crippen LogP) is 6.20. The van der Waals surface area contributed by atoms with Crippen molar-refractivity contribution in [2.45, 2.75) is 12.0 Å². The molecule has 0 bridgehead atoms. The second kappa shape index (κ2) is 6.52. The fourth-order valence-corrected chi connectivity index (χ4v) is 3.91. The van der Waals surface area contributed by atoms with Crippen molar-refractivity contribution in [3.8, 4) is 5.75 Å². The number of halogens is 5. The van der Waals surface area contributed by atoms with Gasteiger partial charge in [0.05, 0.1) is 9.16 Å². The van der Waals surface area contributed by atoms with Gasteiger partial charge in [-0.05, 0) is 55.6 Å². The highest BCUT2D eigenvalue weighted by Gasteiger charge is 2.15. The molecule has 0 saturated heterocycles. The minimum absolute atomic E-state index is 0.121. The van der Waals surface area contributed by atoms with Gasteiger partial charge in [0.1, 0.15) is 5.75 Å². The van der Waals surface area contributed by atoms with Crippen LogP contribution in [0.25, 0.3) is 0 Å². The molecule has 1 nitrogen and oxygen atoms in total. The molecule has 0 aliphatic carbocycles. The van der Waals surface area contributed by atoms with Crippen LogP contribution in [-0.2, 0) is 0 Å². The van der Waals surface area contributed by atoms with Gasteiger partial charge in [-0.3, -0.25) is 0 Å². The molecule has 0 spiro atoms. The maximum atomic E-state index is 12.0. The summed E-state index contributed by atoms with van der Waals surface area (Å²) in [5, 5.41) is -0.326. The zero-order valence-electron chi connectivity index (χ0n) is 9.25. The summed E-state index contributed by atoms with van der Waals surface area (Å²) in [5.74, 6) is 0.121. The van der Waals surface area contributed by atoms with Crippen molar-refractivity contribution in [2.75, 3.05) is 0 Å². The maximum Gasteiger partial charge on any atom is 0.387 e. The van der Waals surface area contributed by atoms with Crippen molar-refractivity contribution in [1.29, 1.82) is 0 Å². The topological polar surface area (TPSA) is 9.23 Å². The Morgan fingerprint density at radius 1 is 1.16 bits per heavy atom. The van der Waals surface area contributed by atoms with E-state index in [9.17, 15) is 8.78 Å². The first-order valence-corrected chi connectivity index (χ1v) is 7.95. The van der Waals surface area contributed by atoms with Crippen molar-refractivity contribution >= 4 is 54.8 Å². The first kappa shape index (κ1) is 15.2. The lowest BCUT2D eigenvalue weighted by Gasteiger charge is -2.09. The second-order valence-corrected chi connectivity index (χ2v) is 7.27. The van der Waals surface area contributed by atoms with E-state index in [1.54, 1.807) is 12.1 Å². The Kier molecular flexibility index (Phi) is 5.22. The number of alkyl halides is 3. The first-order valence-electron chi connectivity index (χ1n) is 5.11. The van der Waals surface area contributed by atoms with E-state index in [-0.39, 0.29) is 11.1 Å². The van der Waals surface area contributed by atoms with Crippen LogP contribution in [0.15, 0.2) is 38.6 Å². The minimum Gasteiger partial charge on any atom is -0.435 e. The third-order valence-corrected chi connectivity index (χ3v) is 6.25. The quantitative estimate of drug-likeness (QED) is 0.523. The molecule has 102 valence electrons. The monoisotopic (exact) mass is 430 g/mol. The van der Waals surface area contributed by atoms with Gasteiger partial charge in [0.2, 0.25) is 0 Å². The lowest BCUT2D eigenvalue weighted by molar-refractivity contribution is -0.0498. The van der Waals surface area contributed by atoms with Crippen LogP contribution in [0.3, 0.4) is 0 Å². The molecule has 0 N–H and O–H groups in total. The zero-order valence-corrected chi connectivity index (χ0v) is 14.0. The van der Waals surface area contributed by atoms with Crippen LogP contribution in [0.2, 0.25) is 0 Å². The third-order valence-electron chi connectivity index (χ3n) is 2.31. The lowest BCUT2D eigenvalue weighted by atomic mass is 10.1. The van der Waals surface area contributed by atoms with Gasteiger partial charge < -0.3 is 4.74 Å². The third kappa shape index (κ3) is 3.90. The molecule has 1 atom stereocenters. The van der Waals surface area contributed by atoms with E-state index in [4.69, 9.17) is 11.6 Å². The van der Waals surface area contributed by atoms with Gasteiger partial charge in [-0.25, -0.2) is 0 Å². The van der Waals surface area contributed by atoms with E-state index in [0.29, 0.717) is 0 Å². The highest BCUT2D eigenvalue weighted by atomic mass is 79.9. The zero-order chi connectivity index (χ0) is 14.0. The fourth-order valence-electron chi connectivity index (χ4n) is 1.47. The number of hydrogen-bond donors (Lipinski definition) is 0. The summed E-state index contributed by atoms with van der Waals surface area (Å²) in [4.78, 5) is 0.961. The summed E-state index contributed by atoms with van der Waals surface area (Å²) in [5.41, 5.74) is 0.824. The van der Waals surface area contributed by atoms with Crippen LogP contribution >= 0.6 is 54.8 Å². The molecular weight excluding hydrogens is 425 g/mol. The SMILES string of the molecule is FC(F)Oc1ccc(C(Cl)c2cc(Br)c(Br)s2)cc1. The Labute approximate surface area is 134 Å². The smallest absolute Gasteiger partial charge is 0.387 e. The summed E-state index contributed by atoms with van der Waals surface area (Å²) in [6.45, 7) is -2.82. The van der Waals surface area contributed by atoms with E-state index >= 15 is 0 Å². The molecule has 1 unspecified atom stereocenters. The van der Waals surface area contributed by atoms with Gasteiger partial charge in [0, 0.05) is 9.35 Å². The number of benzene rings is 1. The molecule has 0 amide bonds. The van der Waals surface area contributed by atoms with Gasteiger partial charge >= 0.3 is 6.61 Å². The molecule has 7 heteroatoms. The molecule has 1 aromatic carbocycles. The average Bonchev–Trinajstić information content (AvgIpc) is 2.69. The summed E-state index contributed by atoms with van der Waals surface area (Å²) in [6.07, 6.45) is 0. The molecule has 0 aliphatic heterocycles. The molecule has 0 radical (unpaired) electrons. The normalized spacial score (nSPS) is 12.7. The van der Waals surface area contributed by atoms with Crippen molar-refractivity contribution in [2.24, 2.45) is 0 Å². The largest absolute Gasteiger partial charge is 0.435 e.